The Labute approximate surface area is 234 Å². The maximum atomic E-state index is 13.0. The Kier molecular flexibility index (Phi) is 6.78. The number of carbonyl (C=O) groups excluding carboxylic acids is 3. The molecule has 3 N–H and O–H groups in total. The number of hydrogen-bond donors (Lipinski definition) is 3. The number of ether oxygens (including phenoxy) is 4. The number of hydrogen-bond acceptors (Lipinski definition) is 10. The molecule has 0 aromatic heterocycles. The van der Waals surface area contributed by atoms with Gasteiger partial charge < -0.3 is 39.1 Å². The van der Waals surface area contributed by atoms with E-state index in [4.69, 9.17) is 18.9 Å². The summed E-state index contributed by atoms with van der Waals surface area (Å²) in [4.78, 5) is 37.2. The number of aliphatic hydroxyl groups excluding tert-OH is 1. The van der Waals surface area contributed by atoms with Gasteiger partial charge in [0.05, 0.1) is 31.0 Å². The fraction of sp³-hybridized carbons (Fsp3) is 0.833. The third-order valence-corrected chi connectivity index (χ3v) is 12.0. The largest absolute Gasteiger partial charge is 0.467 e. The normalized spacial score (nSPS) is 51.8. The van der Waals surface area contributed by atoms with Crippen LogP contribution < -0.4 is 0 Å². The number of esters is 2. The van der Waals surface area contributed by atoms with Gasteiger partial charge >= 0.3 is 11.9 Å². The first-order chi connectivity index (χ1) is 18.9. The first-order valence-electron chi connectivity index (χ1n) is 14.8. The van der Waals surface area contributed by atoms with Gasteiger partial charge in [-0.2, -0.15) is 0 Å². The molecule has 10 heteroatoms. The summed E-state index contributed by atoms with van der Waals surface area (Å²) in [6.07, 6.45) is 4.76. The van der Waals surface area contributed by atoms with Crippen molar-refractivity contribution in [2.75, 3.05) is 13.7 Å². The van der Waals surface area contributed by atoms with Gasteiger partial charge in [-0.1, -0.05) is 6.92 Å². The van der Waals surface area contributed by atoms with E-state index in [0.29, 0.717) is 44.9 Å². The molecule has 222 valence electrons. The summed E-state index contributed by atoms with van der Waals surface area (Å²) in [7, 11) is 1.22. The Hall–Kier alpha value is -1.85. The van der Waals surface area contributed by atoms with Crippen molar-refractivity contribution in [3.05, 3.63) is 11.6 Å². The van der Waals surface area contributed by atoms with Gasteiger partial charge in [-0.25, -0.2) is 9.59 Å². The second-order valence-corrected chi connectivity index (χ2v) is 13.6. The van der Waals surface area contributed by atoms with Gasteiger partial charge in [-0.15, -0.1) is 0 Å². The van der Waals surface area contributed by atoms with E-state index < -0.39 is 40.4 Å². The van der Waals surface area contributed by atoms with Crippen molar-refractivity contribution in [1.29, 1.82) is 0 Å². The van der Waals surface area contributed by atoms with Crippen LogP contribution in [0.4, 0.5) is 0 Å². The number of aldehydes is 1. The molecule has 0 unspecified atom stereocenters. The Morgan fingerprint density at radius 3 is 2.58 bits per heavy atom. The Bertz CT molecular complexity index is 1110. The molecule has 0 aromatic carbocycles. The highest BCUT2D eigenvalue weighted by atomic mass is 16.7. The van der Waals surface area contributed by atoms with Gasteiger partial charge in [0.15, 0.2) is 6.29 Å². The summed E-state index contributed by atoms with van der Waals surface area (Å²) < 4.78 is 22.0. The van der Waals surface area contributed by atoms with E-state index in [1.807, 2.05) is 6.92 Å². The van der Waals surface area contributed by atoms with Crippen molar-refractivity contribution in [3.63, 3.8) is 0 Å². The summed E-state index contributed by atoms with van der Waals surface area (Å²) in [5, 5.41) is 34.8. The van der Waals surface area contributed by atoms with Gasteiger partial charge in [-0.05, 0) is 87.5 Å². The zero-order valence-electron chi connectivity index (χ0n) is 23.5. The minimum atomic E-state index is -1.87. The zero-order valence-corrected chi connectivity index (χ0v) is 23.5. The third kappa shape index (κ3) is 3.75. The molecule has 0 spiro atoms. The lowest BCUT2D eigenvalue weighted by atomic mass is 9.43. The van der Waals surface area contributed by atoms with Crippen LogP contribution in [0.3, 0.4) is 0 Å². The van der Waals surface area contributed by atoms with Crippen LogP contribution in [0.5, 0.6) is 0 Å². The lowest BCUT2D eigenvalue weighted by Gasteiger charge is -2.63. The first-order valence-corrected chi connectivity index (χ1v) is 14.8. The molecular formula is C30H42O10. The smallest absolute Gasteiger partial charge is 0.343 e. The van der Waals surface area contributed by atoms with E-state index in [0.717, 1.165) is 18.3 Å². The molecule has 40 heavy (non-hydrogen) atoms. The third-order valence-electron chi connectivity index (χ3n) is 12.0. The van der Waals surface area contributed by atoms with Crippen molar-refractivity contribution >= 4 is 18.2 Å². The molecule has 0 radical (unpaired) electrons. The number of rotatable bonds is 5. The van der Waals surface area contributed by atoms with Crippen molar-refractivity contribution in [1.82, 2.24) is 0 Å². The maximum absolute atomic E-state index is 13.0. The lowest BCUT2D eigenvalue weighted by Crippen LogP contribution is -2.66. The fourth-order valence-electron chi connectivity index (χ4n) is 10.0. The highest BCUT2D eigenvalue weighted by Gasteiger charge is 2.72. The van der Waals surface area contributed by atoms with E-state index in [1.54, 1.807) is 6.92 Å². The van der Waals surface area contributed by atoms with Gasteiger partial charge in [0.25, 0.3) is 0 Å². The molecule has 6 rings (SSSR count). The monoisotopic (exact) mass is 562 g/mol. The molecule has 12 atom stereocenters. The van der Waals surface area contributed by atoms with Crippen LogP contribution in [0.1, 0.15) is 71.6 Å². The minimum Gasteiger partial charge on any atom is -0.467 e. The second-order valence-electron chi connectivity index (χ2n) is 13.6. The Balaban J connectivity index is 1.22. The molecule has 4 aliphatic carbocycles. The second kappa shape index (κ2) is 9.59. The van der Waals surface area contributed by atoms with Crippen LogP contribution in [0, 0.1) is 34.5 Å². The van der Waals surface area contributed by atoms with Gasteiger partial charge in [0, 0.05) is 23.3 Å². The average Bonchev–Trinajstić information content (AvgIpc) is 3.55. The van der Waals surface area contributed by atoms with Gasteiger partial charge in [0.1, 0.15) is 12.9 Å². The van der Waals surface area contributed by atoms with E-state index in [2.05, 4.69) is 0 Å². The molecule has 0 amide bonds. The van der Waals surface area contributed by atoms with E-state index in [-0.39, 0.29) is 54.9 Å². The molecule has 0 aromatic rings. The van der Waals surface area contributed by atoms with E-state index in [9.17, 15) is 29.7 Å². The molecule has 0 bridgehead atoms. The summed E-state index contributed by atoms with van der Waals surface area (Å²) in [5.41, 5.74) is -3.67. The maximum Gasteiger partial charge on any atom is 0.343 e. The molecule has 5 fully saturated rings. The quantitative estimate of drug-likeness (QED) is 0.335. The zero-order chi connectivity index (χ0) is 28.7. The average molecular weight is 563 g/mol. The highest BCUT2D eigenvalue weighted by Crippen LogP contribution is 2.69. The summed E-state index contributed by atoms with van der Waals surface area (Å²) in [6.45, 7) is 4.00. The van der Waals surface area contributed by atoms with Crippen molar-refractivity contribution < 1.29 is 48.7 Å². The number of methoxy groups -OCH3 is 1. The Morgan fingerprint density at radius 2 is 1.90 bits per heavy atom. The van der Waals surface area contributed by atoms with E-state index in [1.165, 1.54) is 13.2 Å². The summed E-state index contributed by atoms with van der Waals surface area (Å²) in [6, 6.07) is 0. The van der Waals surface area contributed by atoms with Crippen LogP contribution in [0.25, 0.3) is 0 Å². The number of cyclic esters (lactones) is 1. The molecule has 2 aliphatic heterocycles. The molecule has 2 heterocycles. The molecule has 1 saturated heterocycles. The number of carbonyl (C=O) groups is 3. The van der Waals surface area contributed by atoms with Crippen LogP contribution in [0.2, 0.25) is 0 Å². The number of aliphatic hydroxyl groups is 3. The Morgan fingerprint density at radius 1 is 1.12 bits per heavy atom. The minimum absolute atomic E-state index is 0.0147. The first kappa shape index (κ1) is 28.3. The standard InChI is InChI=1S/C30H42O10/c1-16-13-29(35,25(34)37-3)26(39-16)40-19-6-9-28(15-31)18(11-19)4-5-21-20(28)7-8-27(2)22(12-23(32)30(21,27)36)17-10-24(33)38-14-17/h10,15-16,18-23,26,32,35-36H,4-9,11-14H2,1-3H3/t16-,18+,19+,20+,21-,22-,23-,26+,27-,28-,29+,30-/m1/s1. The SMILES string of the molecule is COC(=O)[C@@]1(O)C[C@@H](C)O[C@H]1O[C@H]1CC[C@@]2(C=O)[C@@H](CC[C@@H]3[C@@H]2CC[C@]2(C)[C@@H](C4=CC(=O)OC4)C[C@@H](O)[C@]32O)C1. The topological polar surface area (TPSA) is 149 Å². The van der Waals surface area contributed by atoms with Crippen LogP contribution in [-0.4, -0.2) is 83.1 Å². The molecule has 10 nitrogen and oxygen atoms in total. The van der Waals surface area contributed by atoms with Crippen molar-refractivity contribution in [3.8, 4) is 0 Å². The van der Waals surface area contributed by atoms with Crippen LogP contribution in [-0.2, 0) is 33.3 Å². The highest BCUT2D eigenvalue weighted by molar-refractivity contribution is 5.85. The van der Waals surface area contributed by atoms with Crippen molar-refractivity contribution in [2.24, 2.45) is 34.5 Å². The van der Waals surface area contributed by atoms with Gasteiger partial charge in [0.2, 0.25) is 5.60 Å². The predicted octanol–water partition coefficient (Wildman–Crippen LogP) is 1.82. The van der Waals surface area contributed by atoms with Crippen LogP contribution >= 0.6 is 0 Å². The fourth-order valence-corrected chi connectivity index (χ4v) is 10.0. The molecular weight excluding hydrogens is 520 g/mol. The predicted molar refractivity (Wildman–Crippen MR) is 138 cm³/mol. The summed E-state index contributed by atoms with van der Waals surface area (Å²) in [5.74, 6) is -1.62. The lowest BCUT2D eigenvalue weighted by molar-refractivity contribution is -0.251. The van der Waals surface area contributed by atoms with Crippen LogP contribution in [0.15, 0.2) is 11.6 Å². The van der Waals surface area contributed by atoms with E-state index >= 15 is 0 Å². The van der Waals surface area contributed by atoms with Crippen molar-refractivity contribution in [2.45, 2.75) is 107 Å². The summed E-state index contributed by atoms with van der Waals surface area (Å²) >= 11 is 0. The molecule has 6 aliphatic rings. The number of fused-ring (bicyclic) bond motifs is 5. The molecule has 4 saturated carbocycles. The van der Waals surface area contributed by atoms with Gasteiger partial charge in [-0.3, -0.25) is 0 Å².